The summed E-state index contributed by atoms with van der Waals surface area (Å²) in [4.78, 5) is 54.8. The van der Waals surface area contributed by atoms with Crippen molar-refractivity contribution < 1.29 is 28.0 Å². The van der Waals surface area contributed by atoms with Crippen LogP contribution in [0.1, 0.15) is 39.3 Å². The van der Waals surface area contributed by atoms with Crippen LogP contribution in [0.3, 0.4) is 0 Å². The number of aromatic nitrogens is 1. The number of anilines is 1. The van der Waals surface area contributed by atoms with Crippen LogP contribution in [0, 0.1) is 5.82 Å². The molecule has 4 amide bonds. The van der Waals surface area contributed by atoms with Gasteiger partial charge >= 0.3 is 0 Å². The van der Waals surface area contributed by atoms with Gasteiger partial charge in [0.1, 0.15) is 17.6 Å². The second-order valence-corrected chi connectivity index (χ2v) is 7.67. The minimum absolute atomic E-state index is 0.0524. The number of benzene rings is 2. The van der Waals surface area contributed by atoms with Crippen LogP contribution in [0.2, 0.25) is 0 Å². The fourth-order valence-electron chi connectivity index (χ4n) is 3.96. The molecule has 9 nitrogen and oxygen atoms in total. The molecule has 1 atom stereocenters. The lowest BCUT2D eigenvalue weighted by Gasteiger charge is -2.27. The maximum atomic E-state index is 13.1. The number of rotatable bonds is 5. The topological polar surface area (TPSA) is 122 Å². The predicted molar refractivity (Wildman–Crippen MR) is 112 cm³/mol. The third-order valence-electron chi connectivity index (χ3n) is 5.57. The van der Waals surface area contributed by atoms with Gasteiger partial charge in [-0.15, -0.1) is 0 Å². The van der Waals surface area contributed by atoms with Crippen LogP contribution < -0.4 is 10.6 Å². The molecule has 2 aliphatic heterocycles. The van der Waals surface area contributed by atoms with Gasteiger partial charge in [0.2, 0.25) is 17.7 Å². The number of piperidine rings is 1. The molecule has 1 aromatic heterocycles. The summed E-state index contributed by atoms with van der Waals surface area (Å²) in [6, 6.07) is 9.49. The molecule has 3 heterocycles. The number of halogens is 1. The molecule has 1 fully saturated rings. The second-order valence-electron chi connectivity index (χ2n) is 7.67. The zero-order valence-electron chi connectivity index (χ0n) is 17.1. The number of nitrogens with one attached hydrogen (secondary N) is 2. The van der Waals surface area contributed by atoms with Crippen molar-refractivity contribution in [2.75, 3.05) is 5.32 Å². The Kier molecular flexibility index (Phi) is 4.97. The lowest BCUT2D eigenvalue weighted by atomic mass is 10.0. The maximum Gasteiger partial charge on any atom is 0.264 e. The van der Waals surface area contributed by atoms with Gasteiger partial charge in [0, 0.05) is 17.7 Å². The van der Waals surface area contributed by atoms with Crippen molar-refractivity contribution in [2.24, 2.45) is 0 Å². The molecule has 2 aromatic carbocycles. The van der Waals surface area contributed by atoms with Crippen LogP contribution in [-0.4, -0.2) is 39.6 Å². The number of fused-ring (bicyclic) bond motifs is 1. The van der Waals surface area contributed by atoms with E-state index in [0.29, 0.717) is 22.9 Å². The summed E-state index contributed by atoms with van der Waals surface area (Å²) in [5.41, 5.74) is 1.36. The van der Waals surface area contributed by atoms with Crippen LogP contribution in [0.5, 0.6) is 0 Å². The van der Waals surface area contributed by atoms with E-state index in [2.05, 4.69) is 15.6 Å². The minimum Gasteiger partial charge on any atom is -0.439 e. The average molecular weight is 448 g/mol. The molecule has 1 saturated heterocycles. The number of hydrogen-bond acceptors (Lipinski definition) is 7. The standard InChI is InChI=1S/C23H17FN4O5/c24-13-6-4-12(5-7-13)21-26-11-14(33-21)10-25-16-3-1-2-15-19(16)23(32)28(22(15)31)17-8-9-18(29)27-20(17)30/h1-7,11,17,25H,8-10H2,(H,27,29,30). The van der Waals surface area contributed by atoms with E-state index in [4.69, 9.17) is 4.42 Å². The zero-order chi connectivity index (χ0) is 23.1. The zero-order valence-corrected chi connectivity index (χ0v) is 17.1. The monoisotopic (exact) mass is 448 g/mol. The van der Waals surface area contributed by atoms with Gasteiger partial charge in [-0.2, -0.15) is 0 Å². The first-order chi connectivity index (χ1) is 15.9. The SMILES string of the molecule is O=C1CCC(N2C(=O)c3cccc(NCc4cnc(-c5ccc(F)cc5)o4)c3C2=O)C(=O)N1. The predicted octanol–water partition coefficient (Wildman–Crippen LogP) is 2.49. The molecule has 0 aliphatic carbocycles. The fraction of sp³-hybridized carbons (Fsp3) is 0.174. The number of nitrogens with zero attached hydrogens (tertiary/aromatic N) is 2. The van der Waals surface area contributed by atoms with Crippen LogP contribution in [0.4, 0.5) is 10.1 Å². The van der Waals surface area contributed by atoms with Gasteiger partial charge < -0.3 is 9.73 Å². The molecule has 0 radical (unpaired) electrons. The van der Waals surface area contributed by atoms with Gasteiger partial charge in [-0.25, -0.2) is 9.37 Å². The van der Waals surface area contributed by atoms with E-state index in [-0.39, 0.29) is 36.3 Å². The fourth-order valence-corrected chi connectivity index (χ4v) is 3.96. The normalized spacial score (nSPS) is 17.8. The maximum absolute atomic E-state index is 13.1. The van der Waals surface area contributed by atoms with Crippen molar-refractivity contribution in [2.45, 2.75) is 25.4 Å². The molecule has 5 rings (SSSR count). The summed E-state index contributed by atoms with van der Waals surface area (Å²) < 4.78 is 18.8. The first-order valence-corrected chi connectivity index (χ1v) is 10.2. The van der Waals surface area contributed by atoms with Gasteiger partial charge in [0.15, 0.2) is 0 Å². The summed E-state index contributed by atoms with van der Waals surface area (Å²) in [6.45, 7) is 0.171. The second kappa shape index (κ2) is 7.97. The molecule has 0 saturated carbocycles. The van der Waals surface area contributed by atoms with Gasteiger partial charge in [0.05, 0.1) is 23.9 Å². The molecule has 166 valence electrons. The highest BCUT2D eigenvalue weighted by molar-refractivity contribution is 6.25. The van der Waals surface area contributed by atoms with Crippen molar-refractivity contribution in [3.8, 4) is 11.5 Å². The third-order valence-corrected chi connectivity index (χ3v) is 5.57. The van der Waals surface area contributed by atoms with E-state index in [1.165, 1.54) is 24.4 Å². The summed E-state index contributed by atoms with van der Waals surface area (Å²) in [5, 5.41) is 5.25. The molecule has 33 heavy (non-hydrogen) atoms. The number of carbonyl (C=O) groups is 4. The molecule has 0 bridgehead atoms. The van der Waals surface area contributed by atoms with Crippen molar-refractivity contribution in [3.05, 3.63) is 71.4 Å². The van der Waals surface area contributed by atoms with Crippen molar-refractivity contribution in [1.82, 2.24) is 15.2 Å². The Labute approximate surface area is 186 Å². The largest absolute Gasteiger partial charge is 0.439 e. The Bertz CT molecular complexity index is 1300. The Hall–Kier alpha value is -4.34. The Morgan fingerprint density at radius 2 is 1.88 bits per heavy atom. The number of oxazole rings is 1. The van der Waals surface area contributed by atoms with Gasteiger partial charge in [-0.1, -0.05) is 6.07 Å². The van der Waals surface area contributed by atoms with Gasteiger partial charge in [-0.3, -0.25) is 29.4 Å². The van der Waals surface area contributed by atoms with Crippen molar-refractivity contribution in [1.29, 1.82) is 0 Å². The average Bonchev–Trinajstić information content (AvgIpc) is 3.37. The molecule has 2 N–H and O–H groups in total. The number of carbonyl (C=O) groups excluding carboxylic acids is 4. The van der Waals surface area contributed by atoms with E-state index in [1.54, 1.807) is 24.3 Å². The highest BCUT2D eigenvalue weighted by Crippen LogP contribution is 2.32. The highest BCUT2D eigenvalue weighted by Gasteiger charge is 2.45. The quantitative estimate of drug-likeness (QED) is 0.575. The first-order valence-electron chi connectivity index (χ1n) is 10.2. The molecular formula is C23H17FN4O5. The van der Waals surface area contributed by atoms with Crippen molar-refractivity contribution in [3.63, 3.8) is 0 Å². The van der Waals surface area contributed by atoms with Gasteiger partial charge in [0.25, 0.3) is 11.8 Å². The number of amides is 4. The summed E-state index contributed by atoms with van der Waals surface area (Å²) in [7, 11) is 0. The lowest BCUT2D eigenvalue weighted by molar-refractivity contribution is -0.136. The number of hydrogen-bond donors (Lipinski definition) is 2. The highest BCUT2D eigenvalue weighted by atomic mass is 19.1. The molecule has 1 unspecified atom stereocenters. The molecule has 2 aliphatic rings. The smallest absolute Gasteiger partial charge is 0.264 e. The summed E-state index contributed by atoms with van der Waals surface area (Å²) in [6.07, 6.45) is 1.65. The van der Waals surface area contributed by atoms with E-state index < -0.39 is 29.7 Å². The Morgan fingerprint density at radius 3 is 2.64 bits per heavy atom. The van der Waals surface area contributed by atoms with E-state index in [9.17, 15) is 23.6 Å². The van der Waals surface area contributed by atoms with Crippen LogP contribution in [0.15, 0.2) is 53.1 Å². The number of imide groups is 2. The van der Waals surface area contributed by atoms with E-state index in [0.717, 1.165) is 4.90 Å². The van der Waals surface area contributed by atoms with E-state index in [1.807, 2.05) is 0 Å². The van der Waals surface area contributed by atoms with Crippen LogP contribution in [0.25, 0.3) is 11.5 Å². The molecule has 3 aromatic rings. The molecule has 0 spiro atoms. The van der Waals surface area contributed by atoms with Crippen molar-refractivity contribution >= 4 is 29.3 Å². The first kappa shape index (κ1) is 20.6. The Morgan fingerprint density at radius 1 is 1.09 bits per heavy atom. The molecular weight excluding hydrogens is 431 g/mol. The summed E-state index contributed by atoms with van der Waals surface area (Å²) in [5.74, 6) is -1.85. The van der Waals surface area contributed by atoms with Gasteiger partial charge in [-0.05, 0) is 42.8 Å². The third kappa shape index (κ3) is 3.65. The van der Waals surface area contributed by atoms with E-state index >= 15 is 0 Å². The lowest BCUT2D eigenvalue weighted by Crippen LogP contribution is -2.54. The van der Waals surface area contributed by atoms with Crippen LogP contribution >= 0.6 is 0 Å². The summed E-state index contributed by atoms with van der Waals surface area (Å²) >= 11 is 0. The minimum atomic E-state index is -1.03. The Balaban J connectivity index is 1.35. The van der Waals surface area contributed by atoms with Crippen LogP contribution in [-0.2, 0) is 16.1 Å². The molecule has 10 heteroatoms.